The van der Waals surface area contributed by atoms with Crippen LogP contribution in [0, 0.1) is 26.7 Å². The summed E-state index contributed by atoms with van der Waals surface area (Å²) in [6.07, 6.45) is 2.64. The van der Waals surface area contributed by atoms with Gasteiger partial charge in [0, 0.05) is 11.7 Å². The number of anilines is 1. The fourth-order valence-corrected chi connectivity index (χ4v) is 4.98. The van der Waals surface area contributed by atoms with E-state index in [0.29, 0.717) is 12.1 Å². The third kappa shape index (κ3) is 7.84. The molecule has 0 spiro atoms. The van der Waals surface area contributed by atoms with Crippen LogP contribution in [0.2, 0.25) is 0 Å². The number of hydrogen-bond donors (Lipinski definition) is 2. The molecule has 1 fully saturated rings. The summed E-state index contributed by atoms with van der Waals surface area (Å²) in [5.41, 5.74) is 3.75. The highest BCUT2D eigenvalue weighted by Gasteiger charge is 2.43. The van der Waals surface area contributed by atoms with Gasteiger partial charge in [0.1, 0.15) is 17.7 Å². The Bertz CT molecular complexity index is 1160. The van der Waals surface area contributed by atoms with Gasteiger partial charge in [-0.1, -0.05) is 67.8 Å². The molecule has 39 heavy (non-hydrogen) atoms. The number of carbonyl (C=O) groups is 3. The molecule has 212 valence electrons. The van der Waals surface area contributed by atoms with E-state index in [-0.39, 0.29) is 23.8 Å². The second kappa shape index (κ2) is 12.7. The standard InChI is InChI=1S/C32H45N3O4/c1-9-22(4)27(34-31(38)39-32(6,7)8)30(37)35(25-14-12-15-25)28(24-18-20(2)17-21(3)19-24)29(36)33-26-16-11-10-13-23(26)5/h10-11,13,16-19,22,25,27-28H,9,12,14-15H2,1-8H3,(H,33,36)(H,34,38). The molecule has 0 saturated heterocycles. The Morgan fingerprint density at radius 3 is 2.15 bits per heavy atom. The van der Waals surface area contributed by atoms with Crippen molar-refractivity contribution in [3.8, 4) is 0 Å². The van der Waals surface area contributed by atoms with Crippen LogP contribution in [0.5, 0.6) is 0 Å². The van der Waals surface area contributed by atoms with Crippen LogP contribution >= 0.6 is 0 Å². The highest BCUT2D eigenvalue weighted by Crippen LogP contribution is 2.36. The molecule has 3 unspecified atom stereocenters. The number of nitrogens with zero attached hydrogens (tertiary/aromatic N) is 1. The quantitative estimate of drug-likeness (QED) is 0.378. The van der Waals surface area contributed by atoms with Crippen molar-refractivity contribution in [2.45, 2.75) is 105 Å². The summed E-state index contributed by atoms with van der Waals surface area (Å²) in [6, 6.07) is 11.9. The zero-order valence-electron chi connectivity index (χ0n) is 24.8. The van der Waals surface area contributed by atoms with E-state index >= 15 is 0 Å². The molecule has 1 aliphatic carbocycles. The van der Waals surface area contributed by atoms with Crippen LogP contribution in [-0.2, 0) is 14.3 Å². The summed E-state index contributed by atoms with van der Waals surface area (Å²) in [5.74, 6) is -0.689. The van der Waals surface area contributed by atoms with Crippen LogP contribution in [0.25, 0.3) is 0 Å². The smallest absolute Gasteiger partial charge is 0.408 e. The van der Waals surface area contributed by atoms with E-state index in [2.05, 4.69) is 16.7 Å². The van der Waals surface area contributed by atoms with Gasteiger partial charge in [0.25, 0.3) is 5.91 Å². The van der Waals surface area contributed by atoms with Gasteiger partial charge in [-0.2, -0.15) is 0 Å². The number of aryl methyl sites for hydroxylation is 3. The highest BCUT2D eigenvalue weighted by atomic mass is 16.6. The maximum Gasteiger partial charge on any atom is 0.408 e. The largest absolute Gasteiger partial charge is 0.444 e. The molecular weight excluding hydrogens is 490 g/mol. The van der Waals surface area contributed by atoms with Gasteiger partial charge in [-0.05, 0) is 83.9 Å². The summed E-state index contributed by atoms with van der Waals surface area (Å²) >= 11 is 0. The predicted octanol–water partition coefficient (Wildman–Crippen LogP) is 6.61. The van der Waals surface area contributed by atoms with Crippen molar-refractivity contribution in [2.24, 2.45) is 5.92 Å². The number of carbonyl (C=O) groups excluding carboxylic acids is 3. The SMILES string of the molecule is CCC(C)C(NC(=O)OC(C)(C)C)C(=O)N(C1CCC1)C(C(=O)Nc1ccccc1C)c1cc(C)cc(C)c1. The molecular formula is C32H45N3O4. The first-order chi connectivity index (χ1) is 18.3. The minimum Gasteiger partial charge on any atom is -0.444 e. The minimum absolute atomic E-state index is 0.0991. The second-order valence-corrected chi connectivity index (χ2v) is 12.0. The second-order valence-electron chi connectivity index (χ2n) is 12.0. The zero-order chi connectivity index (χ0) is 28.9. The van der Waals surface area contributed by atoms with E-state index < -0.39 is 23.8 Å². The molecule has 0 aromatic heterocycles. The molecule has 3 atom stereocenters. The fourth-order valence-electron chi connectivity index (χ4n) is 4.98. The Balaban J connectivity index is 2.08. The maximum absolute atomic E-state index is 14.5. The Hall–Kier alpha value is -3.35. The molecule has 0 aliphatic heterocycles. The highest BCUT2D eigenvalue weighted by molar-refractivity contribution is 5.99. The van der Waals surface area contributed by atoms with Crippen LogP contribution in [-0.4, -0.2) is 40.5 Å². The summed E-state index contributed by atoms with van der Waals surface area (Å²) in [5, 5.41) is 5.95. The van der Waals surface area contributed by atoms with Crippen LogP contribution in [0.15, 0.2) is 42.5 Å². The molecule has 2 aromatic rings. The Morgan fingerprint density at radius 1 is 1.03 bits per heavy atom. The molecule has 2 N–H and O–H groups in total. The lowest BCUT2D eigenvalue weighted by molar-refractivity contribution is -0.147. The van der Waals surface area contributed by atoms with E-state index in [9.17, 15) is 14.4 Å². The summed E-state index contributed by atoms with van der Waals surface area (Å²) in [4.78, 5) is 43.2. The molecule has 3 amide bonds. The van der Waals surface area contributed by atoms with E-state index in [1.807, 2.05) is 71.0 Å². The number of amides is 3. The normalized spacial score (nSPS) is 15.9. The molecule has 7 nitrogen and oxygen atoms in total. The first-order valence-corrected chi connectivity index (χ1v) is 14.1. The number of ether oxygens (including phenoxy) is 1. The molecule has 2 aromatic carbocycles. The van der Waals surface area contributed by atoms with Crippen LogP contribution in [0.3, 0.4) is 0 Å². The van der Waals surface area contributed by atoms with Crippen molar-refractivity contribution in [2.75, 3.05) is 5.32 Å². The zero-order valence-corrected chi connectivity index (χ0v) is 24.8. The lowest BCUT2D eigenvalue weighted by Crippen LogP contribution is -2.58. The number of rotatable bonds is 9. The first-order valence-electron chi connectivity index (χ1n) is 14.1. The van der Waals surface area contributed by atoms with Crippen molar-refractivity contribution in [3.05, 3.63) is 64.7 Å². The van der Waals surface area contributed by atoms with E-state index in [1.54, 1.807) is 25.7 Å². The number of nitrogens with one attached hydrogen (secondary N) is 2. The van der Waals surface area contributed by atoms with Gasteiger partial charge in [0.05, 0.1) is 0 Å². The van der Waals surface area contributed by atoms with Gasteiger partial charge < -0.3 is 20.3 Å². The number of alkyl carbamates (subject to hydrolysis) is 1. The Morgan fingerprint density at radius 2 is 1.64 bits per heavy atom. The summed E-state index contributed by atoms with van der Waals surface area (Å²) in [6.45, 7) is 15.2. The molecule has 1 aliphatic rings. The van der Waals surface area contributed by atoms with Crippen molar-refractivity contribution in [3.63, 3.8) is 0 Å². The van der Waals surface area contributed by atoms with E-state index in [4.69, 9.17) is 4.74 Å². The van der Waals surface area contributed by atoms with Gasteiger partial charge in [0.15, 0.2) is 0 Å². The summed E-state index contributed by atoms with van der Waals surface area (Å²) in [7, 11) is 0. The van der Waals surface area contributed by atoms with Crippen molar-refractivity contribution in [1.82, 2.24) is 10.2 Å². The lowest BCUT2D eigenvalue weighted by atomic mass is 9.86. The number of para-hydroxylation sites is 1. The lowest BCUT2D eigenvalue weighted by Gasteiger charge is -2.44. The van der Waals surface area contributed by atoms with E-state index in [0.717, 1.165) is 41.5 Å². The van der Waals surface area contributed by atoms with Crippen molar-refractivity contribution in [1.29, 1.82) is 0 Å². The molecule has 3 rings (SSSR count). The van der Waals surface area contributed by atoms with Crippen LogP contribution in [0.4, 0.5) is 10.5 Å². The monoisotopic (exact) mass is 535 g/mol. The molecule has 0 bridgehead atoms. The topological polar surface area (TPSA) is 87.7 Å². The van der Waals surface area contributed by atoms with Gasteiger partial charge in [-0.25, -0.2) is 4.79 Å². The minimum atomic E-state index is -0.854. The molecule has 0 heterocycles. The third-order valence-corrected chi connectivity index (χ3v) is 7.36. The predicted molar refractivity (Wildman–Crippen MR) is 156 cm³/mol. The molecule has 1 saturated carbocycles. The van der Waals surface area contributed by atoms with Crippen LogP contribution < -0.4 is 10.6 Å². The van der Waals surface area contributed by atoms with E-state index in [1.165, 1.54) is 0 Å². The Kier molecular flexibility index (Phi) is 9.81. The summed E-state index contributed by atoms with van der Waals surface area (Å²) < 4.78 is 5.51. The molecule has 0 radical (unpaired) electrons. The average molecular weight is 536 g/mol. The fraction of sp³-hybridized carbons (Fsp3) is 0.531. The van der Waals surface area contributed by atoms with Crippen molar-refractivity contribution >= 4 is 23.6 Å². The Labute approximate surface area is 233 Å². The van der Waals surface area contributed by atoms with Gasteiger partial charge in [0.2, 0.25) is 5.91 Å². The van der Waals surface area contributed by atoms with Gasteiger partial charge in [-0.3, -0.25) is 9.59 Å². The number of hydrogen-bond acceptors (Lipinski definition) is 4. The molecule has 7 heteroatoms. The average Bonchev–Trinajstić information content (AvgIpc) is 2.80. The third-order valence-electron chi connectivity index (χ3n) is 7.36. The van der Waals surface area contributed by atoms with Gasteiger partial charge in [-0.15, -0.1) is 0 Å². The first kappa shape index (κ1) is 30.2. The number of benzene rings is 2. The van der Waals surface area contributed by atoms with Crippen LogP contribution in [0.1, 0.15) is 88.6 Å². The maximum atomic E-state index is 14.5. The van der Waals surface area contributed by atoms with Crippen molar-refractivity contribution < 1.29 is 19.1 Å². The van der Waals surface area contributed by atoms with Gasteiger partial charge >= 0.3 is 6.09 Å².